The van der Waals surface area contributed by atoms with Crippen LogP contribution < -0.4 is 10.2 Å². The van der Waals surface area contributed by atoms with Gasteiger partial charge in [-0.3, -0.25) is 4.98 Å². The van der Waals surface area contributed by atoms with Crippen LogP contribution in [-0.4, -0.2) is 14.7 Å². The Morgan fingerprint density at radius 1 is 0.935 bits per heavy atom. The number of halogens is 1. The molecule has 0 amide bonds. The number of aromatic nitrogens is 2. The van der Waals surface area contributed by atoms with Gasteiger partial charge in [0.15, 0.2) is 5.11 Å². The van der Waals surface area contributed by atoms with Crippen LogP contribution in [0.4, 0.5) is 5.69 Å². The van der Waals surface area contributed by atoms with Gasteiger partial charge in [-0.15, -0.1) is 0 Å². The summed E-state index contributed by atoms with van der Waals surface area (Å²) >= 11 is 12.1. The number of hydrogen-bond acceptors (Lipinski definition) is 2. The van der Waals surface area contributed by atoms with Crippen molar-refractivity contribution in [1.82, 2.24) is 14.9 Å². The van der Waals surface area contributed by atoms with Gasteiger partial charge in [0.05, 0.1) is 11.7 Å². The molecule has 0 spiro atoms. The summed E-state index contributed by atoms with van der Waals surface area (Å²) < 4.78 is 2.17. The third kappa shape index (κ3) is 3.71. The normalized spacial score (nSPS) is 18.3. The molecule has 1 aliphatic rings. The molecule has 1 N–H and O–H groups in total. The summed E-state index contributed by atoms with van der Waals surface area (Å²) in [5.74, 6) is 0. The van der Waals surface area contributed by atoms with Gasteiger partial charge in [-0.1, -0.05) is 35.9 Å². The van der Waals surface area contributed by atoms with E-state index in [2.05, 4.69) is 75.4 Å². The summed E-state index contributed by atoms with van der Waals surface area (Å²) in [5, 5.41) is 4.91. The molecule has 1 saturated heterocycles. The van der Waals surface area contributed by atoms with Gasteiger partial charge in [-0.2, -0.15) is 0 Å². The van der Waals surface area contributed by atoms with Gasteiger partial charge in [-0.05, 0) is 79.3 Å². The minimum Gasteiger partial charge on any atom is -0.351 e. The maximum absolute atomic E-state index is 6.30. The summed E-state index contributed by atoms with van der Waals surface area (Å²) in [4.78, 5) is 6.83. The molecule has 154 valence electrons. The average molecular weight is 445 g/mol. The van der Waals surface area contributed by atoms with Crippen molar-refractivity contribution in [2.75, 3.05) is 4.90 Å². The van der Waals surface area contributed by atoms with Crippen LogP contribution in [0, 0.1) is 6.92 Å². The Morgan fingerprint density at radius 3 is 2.55 bits per heavy atom. The number of nitrogens with zero attached hydrogens (tertiary/aromatic N) is 3. The Kier molecular flexibility index (Phi) is 5.22. The Morgan fingerprint density at radius 2 is 1.77 bits per heavy atom. The van der Waals surface area contributed by atoms with Crippen LogP contribution >= 0.6 is 23.8 Å². The van der Waals surface area contributed by atoms with Gasteiger partial charge in [-0.25, -0.2) is 0 Å². The molecule has 6 heteroatoms. The number of aryl methyl sites for hydroxylation is 1. The fourth-order valence-corrected chi connectivity index (χ4v) is 4.74. The van der Waals surface area contributed by atoms with Crippen molar-refractivity contribution in [2.24, 2.45) is 0 Å². The highest BCUT2D eigenvalue weighted by molar-refractivity contribution is 7.80. The van der Waals surface area contributed by atoms with E-state index in [0.29, 0.717) is 10.1 Å². The van der Waals surface area contributed by atoms with E-state index in [-0.39, 0.29) is 12.1 Å². The Labute approximate surface area is 192 Å². The second-order valence-corrected chi connectivity index (χ2v) is 8.44. The molecular weight excluding hydrogens is 424 g/mol. The first kappa shape index (κ1) is 19.8. The van der Waals surface area contributed by atoms with Crippen molar-refractivity contribution in [3.05, 3.63) is 113 Å². The topological polar surface area (TPSA) is 33.1 Å². The first-order valence-corrected chi connectivity index (χ1v) is 10.9. The minimum absolute atomic E-state index is 0.0850. The minimum atomic E-state index is -0.0953. The lowest BCUT2D eigenvalue weighted by Gasteiger charge is -2.29. The van der Waals surface area contributed by atoms with E-state index < -0.39 is 0 Å². The van der Waals surface area contributed by atoms with E-state index in [1.807, 2.05) is 42.6 Å². The third-order valence-corrected chi connectivity index (χ3v) is 6.10. The summed E-state index contributed by atoms with van der Waals surface area (Å²) in [6.07, 6.45) is 3.88. The van der Waals surface area contributed by atoms with Crippen molar-refractivity contribution in [3.63, 3.8) is 0 Å². The maximum Gasteiger partial charge on any atom is 0.174 e. The number of benzene rings is 2. The molecule has 31 heavy (non-hydrogen) atoms. The van der Waals surface area contributed by atoms with Gasteiger partial charge < -0.3 is 14.8 Å². The summed E-state index contributed by atoms with van der Waals surface area (Å²) in [7, 11) is 0. The lowest BCUT2D eigenvalue weighted by atomic mass is 10.0. The summed E-state index contributed by atoms with van der Waals surface area (Å²) in [6.45, 7) is 2.09. The van der Waals surface area contributed by atoms with Crippen molar-refractivity contribution in [2.45, 2.75) is 19.0 Å². The fourth-order valence-electron chi connectivity index (χ4n) is 4.21. The lowest BCUT2D eigenvalue weighted by Crippen LogP contribution is -2.30. The highest BCUT2D eigenvalue weighted by atomic mass is 35.5. The third-order valence-electron chi connectivity index (χ3n) is 5.55. The van der Waals surface area contributed by atoms with Crippen LogP contribution in [0.15, 0.2) is 91.3 Å². The fraction of sp³-hybridized carbons (Fsp3) is 0.120. The lowest BCUT2D eigenvalue weighted by molar-refractivity contribution is 0.549. The smallest absolute Gasteiger partial charge is 0.174 e. The molecule has 1 fully saturated rings. The Balaban J connectivity index is 1.68. The van der Waals surface area contributed by atoms with Crippen LogP contribution in [0.5, 0.6) is 0 Å². The zero-order chi connectivity index (χ0) is 21.4. The molecule has 0 radical (unpaired) electrons. The van der Waals surface area contributed by atoms with Crippen LogP contribution in [0.25, 0.3) is 5.69 Å². The summed E-state index contributed by atoms with van der Waals surface area (Å²) in [5.41, 5.74) is 5.30. The standard InChI is InChI=1S/C25H21ClN4S/c1-17-7-4-10-20(15-17)30-24(23(28-25(30)31)21-11-2-3-13-27-21)22-12-6-14-29(22)19-9-5-8-18(26)16-19/h2-16,23-24H,1H3,(H,28,31)/t23-,24-/m1/s1. The Bertz CT molecular complexity index is 1240. The van der Waals surface area contributed by atoms with E-state index >= 15 is 0 Å². The monoisotopic (exact) mass is 444 g/mol. The Hall–Kier alpha value is -3.15. The maximum atomic E-state index is 6.30. The van der Waals surface area contributed by atoms with Gasteiger partial charge in [0.2, 0.25) is 0 Å². The number of nitrogens with one attached hydrogen (secondary N) is 1. The molecule has 0 unspecified atom stereocenters. The van der Waals surface area contributed by atoms with Crippen molar-refractivity contribution in [3.8, 4) is 5.69 Å². The number of hydrogen-bond donors (Lipinski definition) is 1. The molecule has 0 bridgehead atoms. The van der Waals surface area contributed by atoms with Crippen molar-refractivity contribution in [1.29, 1.82) is 0 Å². The zero-order valence-electron chi connectivity index (χ0n) is 16.9. The molecule has 0 saturated carbocycles. The molecule has 2 aromatic carbocycles. The zero-order valence-corrected chi connectivity index (χ0v) is 18.5. The SMILES string of the molecule is Cc1cccc(N2C(=S)N[C@H](c3ccccn3)[C@H]2c2cccn2-c2cccc(Cl)c2)c1. The van der Waals surface area contributed by atoms with Crippen LogP contribution in [0.3, 0.4) is 0 Å². The van der Waals surface area contributed by atoms with E-state index in [1.54, 1.807) is 0 Å². The second kappa shape index (κ2) is 8.17. The van der Waals surface area contributed by atoms with Crippen molar-refractivity contribution < 1.29 is 0 Å². The van der Waals surface area contributed by atoms with Crippen LogP contribution in [0.2, 0.25) is 5.02 Å². The quantitative estimate of drug-likeness (QED) is 0.391. The van der Waals surface area contributed by atoms with E-state index in [0.717, 1.165) is 22.8 Å². The van der Waals surface area contributed by atoms with Gasteiger partial charge in [0, 0.05) is 34.5 Å². The highest BCUT2D eigenvalue weighted by Crippen LogP contribution is 2.42. The first-order chi connectivity index (χ1) is 15.1. The van der Waals surface area contributed by atoms with Crippen LogP contribution in [-0.2, 0) is 0 Å². The number of rotatable bonds is 4. The van der Waals surface area contributed by atoms with Crippen LogP contribution in [0.1, 0.15) is 29.0 Å². The van der Waals surface area contributed by atoms with Gasteiger partial charge >= 0.3 is 0 Å². The summed E-state index contributed by atoms with van der Waals surface area (Å²) in [6, 6.07) is 26.3. The number of pyridine rings is 1. The molecule has 2 atom stereocenters. The molecule has 4 aromatic rings. The number of thiocarbonyl (C=S) groups is 1. The molecule has 4 nitrogen and oxygen atoms in total. The van der Waals surface area contributed by atoms with E-state index in [4.69, 9.17) is 23.8 Å². The molecule has 2 aromatic heterocycles. The second-order valence-electron chi connectivity index (χ2n) is 7.62. The predicted molar refractivity (Wildman–Crippen MR) is 130 cm³/mol. The van der Waals surface area contributed by atoms with Gasteiger partial charge in [0.25, 0.3) is 0 Å². The predicted octanol–water partition coefficient (Wildman–Crippen LogP) is 6.01. The number of anilines is 1. The largest absolute Gasteiger partial charge is 0.351 e. The molecule has 0 aliphatic carbocycles. The van der Waals surface area contributed by atoms with Gasteiger partial charge in [0.1, 0.15) is 6.04 Å². The first-order valence-electron chi connectivity index (χ1n) is 10.1. The molecular formula is C25H21ClN4S. The highest BCUT2D eigenvalue weighted by Gasteiger charge is 2.42. The van der Waals surface area contributed by atoms with E-state index in [9.17, 15) is 0 Å². The average Bonchev–Trinajstić information content (AvgIpc) is 3.38. The molecule has 1 aliphatic heterocycles. The molecule has 3 heterocycles. The van der Waals surface area contributed by atoms with Crippen molar-refractivity contribution >= 4 is 34.6 Å². The molecule has 5 rings (SSSR count). The van der Waals surface area contributed by atoms with E-state index in [1.165, 1.54) is 5.56 Å².